The quantitative estimate of drug-likeness (QED) is 0.786. The highest BCUT2D eigenvalue weighted by atomic mass is 35.5. The van der Waals surface area contributed by atoms with E-state index in [1.807, 2.05) is 31.2 Å². The second-order valence-electron chi connectivity index (χ2n) is 4.90. The van der Waals surface area contributed by atoms with Gasteiger partial charge < -0.3 is 15.7 Å². The maximum absolute atomic E-state index is 12.1. The lowest BCUT2D eigenvalue weighted by Gasteiger charge is -2.18. The maximum Gasteiger partial charge on any atom is 0.319 e. The number of carbonyl (C=O) groups is 1. The fourth-order valence-electron chi connectivity index (χ4n) is 2.20. The van der Waals surface area contributed by atoms with Crippen LogP contribution in [-0.2, 0) is 6.42 Å². The van der Waals surface area contributed by atoms with E-state index in [9.17, 15) is 9.90 Å². The minimum absolute atomic E-state index is 0.190. The summed E-state index contributed by atoms with van der Waals surface area (Å²) in [5, 5.41) is 15.7. The highest BCUT2D eigenvalue weighted by Crippen LogP contribution is 2.18. The van der Waals surface area contributed by atoms with Crippen molar-refractivity contribution in [2.75, 3.05) is 11.9 Å². The molecule has 0 aliphatic rings. The van der Waals surface area contributed by atoms with Gasteiger partial charge in [0.1, 0.15) is 0 Å². The summed E-state index contributed by atoms with van der Waals surface area (Å²) < 4.78 is 0. The zero-order valence-corrected chi connectivity index (χ0v) is 13.1. The van der Waals surface area contributed by atoms with Gasteiger partial charge in [0.05, 0.1) is 12.6 Å². The van der Waals surface area contributed by atoms with E-state index < -0.39 is 6.04 Å². The molecule has 116 valence electrons. The number of aliphatic hydroxyl groups is 1. The van der Waals surface area contributed by atoms with Crippen molar-refractivity contribution in [3.8, 4) is 0 Å². The topological polar surface area (TPSA) is 61.4 Å². The molecular weight excluding hydrogens is 300 g/mol. The Bertz CT molecular complexity index is 629. The minimum atomic E-state index is -0.481. The molecule has 0 heterocycles. The van der Waals surface area contributed by atoms with Crippen LogP contribution in [0.15, 0.2) is 48.5 Å². The summed E-state index contributed by atoms with van der Waals surface area (Å²) in [6, 6.07) is 13.8. The summed E-state index contributed by atoms with van der Waals surface area (Å²) in [5.74, 6) is 0. The zero-order chi connectivity index (χ0) is 15.9. The largest absolute Gasteiger partial charge is 0.394 e. The number of rotatable bonds is 5. The monoisotopic (exact) mass is 318 g/mol. The Balaban J connectivity index is 2.05. The van der Waals surface area contributed by atoms with Gasteiger partial charge >= 0.3 is 6.03 Å². The van der Waals surface area contributed by atoms with Crippen molar-refractivity contribution >= 4 is 23.3 Å². The van der Waals surface area contributed by atoms with E-state index in [0.29, 0.717) is 5.02 Å². The van der Waals surface area contributed by atoms with E-state index in [1.54, 1.807) is 24.3 Å². The standard InChI is InChI=1S/C17H19ClN2O2/c1-2-12-5-3-4-6-15(12)19-17(22)20-16(11-21)13-7-9-14(18)10-8-13/h3-10,16,21H,2,11H2,1H3,(H2,19,20,22). The second kappa shape index (κ2) is 7.82. The lowest BCUT2D eigenvalue weighted by atomic mass is 10.1. The van der Waals surface area contributed by atoms with Gasteiger partial charge in [0.25, 0.3) is 0 Å². The van der Waals surface area contributed by atoms with Gasteiger partial charge in [-0.1, -0.05) is 48.9 Å². The van der Waals surface area contributed by atoms with Crippen molar-refractivity contribution in [1.29, 1.82) is 0 Å². The van der Waals surface area contributed by atoms with Gasteiger partial charge in [-0.15, -0.1) is 0 Å². The van der Waals surface area contributed by atoms with E-state index in [4.69, 9.17) is 11.6 Å². The number of hydrogen-bond donors (Lipinski definition) is 3. The number of benzene rings is 2. The summed E-state index contributed by atoms with van der Waals surface area (Å²) in [4.78, 5) is 12.1. The van der Waals surface area contributed by atoms with Gasteiger partial charge in [0.2, 0.25) is 0 Å². The van der Waals surface area contributed by atoms with Crippen molar-refractivity contribution in [2.24, 2.45) is 0 Å². The Morgan fingerprint density at radius 3 is 2.50 bits per heavy atom. The first kappa shape index (κ1) is 16.3. The fraction of sp³-hybridized carbons (Fsp3) is 0.235. The number of para-hydroxylation sites is 1. The normalized spacial score (nSPS) is 11.8. The molecule has 2 aromatic rings. The van der Waals surface area contributed by atoms with E-state index in [1.165, 1.54) is 0 Å². The predicted octanol–water partition coefficient (Wildman–Crippen LogP) is 3.76. The molecule has 0 radical (unpaired) electrons. The molecule has 5 heteroatoms. The number of halogens is 1. The summed E-state index contributed by atoms with van der Waals surface area (Å²) in [5.41, 5.74) is 2.63. The number of carbonyl (C=O) groups excluding carboxylic acids is 1. The molecule has 2 aromatic carbocycles. The smallest absolute Gasteiger partial charge is 0.319 e. The number of urea groups is 1. The SMILES string of the molecule is CCc1ccccc1NC(=O)NC(CO)c1ccc(Cl)cc1. The molecule has 0 saturated carbocycles. The van der Waals surface area contributed by atoms with Crippen LogP contribution in [-0.4, -0.2) is 17.7 Å². The molecule has 0 aliphatic heterocycles. The molecule has 0 aromatic heterocycles. The Morgan fingerprint density at radius 2 is 1.86 bits per heavy atom. The maximum atomic E-state index is 12.1. The van der Waals surface area contributed by atoms with Gasteiger partial charge in [0, 0.05) is 10.7 Å². The van der Waals surface area contributed by atoms with Crippen molar-refractivity contribution in [2.45, 2.75) is 19.4 Å². The third-order valence-electron chi connectivity index (χ3n) is 3.41. The average molecular weight is 319 g/mol. The number of nitrogens with one attached hydrogen (secondary N) is 2. The van der Waals surface area contributed by atoms with Crippen LogP contribution in [0.1, 0.15) is 24.1 Å². The van der Waals surface area contributed by atoms with Crippen molar-refractivity contribution in [3.63, 3.8) is 0 Å². The van der Waals surface area contributed by atoms with Crippen molar-refractivity contribution in [3.05, 3.63) is 64.7 Å². The Labute approximate surface area is 135 Å². The Morgan fingerprint density at radius 1 is 1.18 bits per heavy atom. The van der Waals surface area contributed by atoms with Crippen molar-refractivity contribution < 1.29 is 9.90 Å². The van der Waals surface area contributed by atoms with Gasteiger partial charge in [-0.3, -0.25) is 0 Å². The van der Waals surface area contributed by atoms with Crippen LogP contribution in [0.4, 0.5) is 10.5 Å². The molecule has 0 bridgehead atoms. The molecule has 0 spiro atoms. The van der Waals surface area contributed by atoms with E-state index >= 15 is 0 Å². The average Bonchev–Trinajstić information content (AvgIpc) is 2.54. The molecule has 0 aliphatic carbocycles. The van der Waals surface area contributed by atoms with E-state index in [2.05, 4.69) is 10.6 Å². The number of aliphatic hydroxyl groups excluding tert-OH is 1. The number of hydrogen-bond acceptors (Lipinski definition) is 2. The predicted molar refractivity (Wildman–Crippen MR) is 89.3 cm³/mol. The minimum Gasteiger partial charge on any atom is -0.394 e. The van der Waals surface area contributed by atoms with Crippen LogP contribution >= 0.6 is 11.6 Å². The van der Waals surface area contributed by atoms with Gasteiger partial charge in [-0.25, -0.2) is 4.79 Å². The molecule has 2 amide bonds. The first-order valence-electron chi connectivity index (χ1n) is 7.15. The van der Waals surface area contributed by atoms with Crippen LogP contribution in [0.3, 0.4) is 0 Å². The van der Waals surface area contributed by atoms with Crippen LogP contribution in [0, 0.1) is 0 Å². The summed E-state index contributed by atoms with van der Waals surface area (Å²) >= 11 is 5.84. The molecule has 1 atom stereocenters. The van der Waals surface area contributed by atoms with Crippen LogP contribution in [0.5, 0.6) is 0 Å². The molecule has 22 heavy (non-hydrogen) atoms. The van der Waals surface area contributed by atoms with Gasteiger partial charge in [0.15, 0.2) is 0 Å². The lowest BCUT2D eigenvalue weighted by Crippen LogP contribution is -2.34. The molecule has 2 rings (SSSR count). The highest BCUT2D eigenvalue weighted by Gasteiger charge is 2.14. The molecule has 4 nitrogen and oxygen atoms in total. The fourth-order valence-corrected chi connectivity index (χ4v) is 2.32. The van der Waals surface area contributed by atoms with E-state index in [0.717, 1.165) is 23.2 Å². The van der Waals surface area contributed by atoms with Crippen LogP contribution in [0.2, 0.25) is 5.02 Å². The Kier molecular flexibility index (Phi) is 5.81. The van der Waals surface area contributed by atoms with Crippen LogP contribution < -0.4 is 10.6 Å². The zero-order valence-electron chi connectivity index (χ0n) is 12.3. The lowest BCUT2D eigenvalue weighted by molar-refractivity contribution is 0.225. The Hall–Kier alpha value is -2.04. The first-order valence-corrected chi connectivity index (χ1v) is 7.53. The number of anilines is 1. The van der Waals surface area contributed by atoms with Crippen molar-refractivity contribution in [1.82, 2.24) is 5.32 Å². The molecule has 1 unspecified atom stereocenters. The molecule has 3 N–H and O–H groups in total. The van der Waals surface area contributed by atoms with E-state index in [-0.39, 0.29) is 12.6 Å². The second-order valence-corrected chi connectivity index (χ2v) is 5.33. The summed E-state index contributed by atoms with van der Waals surface area (Å²) in [6.45, 7) is 1.84. The summed E-state index contributed by atoms with van der Waals surface area (Å²) in [6.07, 6.45) is 0.830. The highest BCUT2D eigenvalue weighted by molar-refractivity contribution is 6.30. The number of aryl methyl sites for hydroxylation is 1. The molecular formula is C17H19ClN2O2. The summed E-state index contributed by atoms with van der Waals surface area (Å²) in [7, 11) is 0. The molecule has 0 fully saturated rings. The first-order chi connectivity index (χ1) is 10.6. The van der Waals surface area contributed by atoms with Gasteiger partial charge in [-0.2, -0.15) is 0 Å². The van der Waals surface area contributed by atoms with Gasteiger partial charge in [-0.05, 0) is 35.7 Å². The third kappa shape index (κ3) is 4.23. The third-order valence-corrected chi connectivity index (χ3v) is 3.66. The molecule has 0 saturated heterocycles. The van der Waals surface area contributed by atoms with Crippen LogP contribution in [0.25, 0.3) is 0 Å². The number of amides is 2.